The second-order valence-corrected chi connectivity index (χ2v) is 0. The average molecular weight is 305 g/mol. The summed E-state index contributed by atoms with van der Waals surface area (Å²) in [6, 6.07) is 0. The van der Waals surface area contributed by atoms with E-state index in [9.17, 15) is 0 Å². The maximum atomic E-state index is 8.39. The van der Waals surface area contributed by atoms with Crippen LogP contribution in [-0.2, 0) is 24.5 Å². The number of hydrogen-bond acceptors (Lipinski definition) is 2. The van der Waals surface area contributed by atoms with Crippen LogP contribution in [0.5, 0.6) is 0 Å². The van der Waals surface area contributed by atoms with Crippen molar-refractivity contribution in [3.05, 3.63) is 0 Å². The van der Waals surface area contributed by atoms with Gasteiger partial charge in [-0.15, -0.1) is 0 Å². The second-order valence-electron chi connectivity index (χ2n) is 0. The molecule has 0 saturated carbocycles. The van der Waals surface area contributed by atoms with Crippen LogP contribution in [0.4, 0.5) is 0 Å². The molecule has 18 valence electrons. The molecule has 4 heteroatoms. The normalized spacial score (nSPS) is 2.50. The van der Waals surface area contributed by atoms with E-state index < -0.39 is 0 Å². The van der Waals surface area contributed by atoms with Crippen LogP contribution in [0.3, 0.4) is 0 Å². The Morgan fingerprint density at radius 2 is 1.25 bits per heavy atom. The Labute approximate surface area is 50.1 Å². The first-order valence-corrected chi connectivity index (χ1v) is 3.29. The van der Waals surface area contributed by atoms with E-state index in [0.717, 1.165) is 0 Å². The van der Waals surface area contributed by atoms with Gasteiger partial charge >= 0.3 is 50.3 Å². The molecule has 0 saturated heterocycles. The van der Waals surface area contributed by atoms with Crippen molar-refractivity contribution in [1.29, 1.82) is 0 Å². The topological polar surface area (TPSA) is 34.1 Å². The Bertz CT molecular complexity index is 8.00. The number of hydrogen-bond donors (Lipinski definition) is 0. The zero-order valence-electron chi connectivity index (χ0n) is 2.02. The zero-order chi connectivity index (χ0) is 4.00. The van der Waals surface area contributed by atoms with E-state index in [1.54, 1.807) is 0 Å². The Morgan fingerprint density at radius 3 is 1.25 bits per heavy atom. The van der Waals surface area contributed by atoms with Crippen LogP contribution in [0.25, 0.3) is 0 Å². The van der Waals surface area contributed by atoms with Crippen LogP contribution in [0.2, 0.25) is 0 Å². The van der Waals surface area contributed by atoms with Crippen molar-refractivity contribution in [2.75, 3.05) is 0 Å². The van der Waals surface area contributed by atoms with Gasteiger partial charge in [0.25, 0.3) is 0 Å². The molecule has 0 aromatic heterocycles. The van der Waals surface area contributed by atoms with Gasteiger partial charge in [-0.1, -0.05) is 0 Å². The molecular weight excluding hydrogens is 305 g/mol. The van der Waals surface area contributed by atoms with Gasteiger partial charge in [-0.3, -0.25) is 0 Å². The predicted octanol–water partition coefficient (Wildman–Crippen LogP) is -0.621. The molecule has 0 bridgehead atoms. The Balaban J connectivity index is 0. The van der Waals surface area contributed by atoms with Crippen molar-refractivity contribution in [2.45, 2.75) is 0 Å². The van der Waals surface area contributed by atoms with Crippen LogP contribution in [0.15, 0.2) is 0 Å². The average Bonchev–Trinajstić information content (AvgIpc) is 1.50. The van der Waals surface area contributed by atoms with Gasteiger partial charge in [0.1, 0.15) is 0 Å². The summed E-state index contributed by atoms with van der Waals surface area (Å²) in [4.78, 5) is 0. The molecule has 0 N–H and O–H groups in total. The summed E-state index contributed by atoms with van der Waals surface area (Å²) in [5.74, 6) is 0. The van der Waals surface area contributed by atoms with Crippen LogP contribution in [-0.4, -0.2) is 25.8 Å². The molecule has 0 rings (SSSR count). The molecule has 0 aliphatic heterocycles. The molecule has 2 radical (unpaired) electrons. The fourth-order valence-electron chi connectivity index (χ4n) is 0. The summed E-state index contributed by atoms with van der Waals surface area (Å²) in [6.45, 7) is 0. The first kappa shape index (κ1) is 8.94. The van der Waals surface area contributed by atoms with Crippen molar-refractivity contribution >= 4 is 25.8 Å². The van der Waals surface area contributed by atoms with Crippen molar-refractivity contribution < 1.29 is 24.5 Å². The summed E-state index contributed by atoms with van der Waals surface area (Å²) < 4.78 is 16.8. The van der Waals surface area contributed by atoms with Crippen LogP contribution in [0, 0.1) is 0 Å². The van der Waals surface area contributed by atoms with E-state index in [2.05, 4.69) is 0 Å². The SMILES string of the molecule is [O]=[Pb].[O]=[Zn]. The van der Waals surface area contributed by atoms with E-state index in [1.165, 1.54) is 0 Å². The van der Waals surface area contributed by atoms with Crippen molar-refractivity contribution in [2.24, 2.45) is 0 Å². The standard InChI is InChI=1S/2O.Pb.Zn. The van der Waals surface area contributed by atoms with E-state index >= 15 is 0 Å². The maximum absolute atomic E-state index is 8.39. The first-order chi connectivity index (χ1) is 2.00. The number of rotatable bonds is 0. The zero-order valence-corrected chi connectivity index (χ0v) is 8.88. The van der Waals surface area contributed by atoms with Crippen molar-refractivity contribution in [1.82, 2.24) is 0 Å². The third kappa shape index (κ3) is 11.0. The summed E-state index contributed by atoms with van der Waals surface area (Å²) in [5, 5.41) is 0. The van der Waals surface area contributed by atoms with Gasteiger partial charge in [0.15, 0.2) is 0 Å². The van der Waals surface area contributed by atoms with Gasteiger partial charge < -0.3 is 0 Å². The van der Waals surface area contributed by atoms with Crippen LogP contribution < -0.4 is 0 Å². The molecule has 0 spiro atoms. The van der Waals surface area contributed by atoms with Gasteiger partial charge in [-0.2, -0.15) is 0 Å². The van der Waals surface area contributed by atoms with Crippen LogP contribution >= 0.6 is 0 Å². The predicted molar refractivity (Wildman–Crippen MR) is 7.13 cm³/mol. The van der Waals surface area contributed by atoms with E-state index in [1.807, 2.05) is 0 Å². The molecule has 0 unspecified atom stereocenters. The molecule has 0 atom stereocenters. The summed E-state index contributed by atoms with van der Waals surface area (Å²) in [6.07, 6.45) is 0. The second kappa shape index (κ2) is 31.3. The van der Waals surface area contributed by atoms with Gasteiger partial charge in [-0.05, 0) is 0 Å². The molecule has 0 fully saturated rings. The quantitative estimate of drug-likeness (QED) is 0.559. The molecule has 0 heterocycles. The van der Waals surface area contributed by atoms with Gasteiger partial charge in [0.2, 0.25) is 0 Å². The van der Waals surface area contributed by atoms with Crippen molar-refractivity contribution in [3.8, 4) is 0 Å². The third-order valence-corrected chi connectivity index (χ3v) is 0. The summed E-state index contributed by atoms with van der Waals surface area (Å²) in [5.41, 5.74) is 0. The minimum atomic E-state index is 0.0556. The van der Waals surface area contributed by atoms with E-state index in [-0.39, 0.29) is 44.0 Å². The van der Waals surface area contributed by atoms with Gasteiger partial charge in [0, 0.05) is 0 Å². The van der Waals surface area contributed by atoms with E-state index in [0.29, 0.717) is 0 Å². The summed E-state index contributed by atoms with van der Waals surface area (Å²) >= 11 is 0.181. The fourth-order valence-corrected chi connectivity index (χ4v) is 0. The molecule has 0 aromatic rings. The molecule has 2 nitrogen and oxygen atoms in total. The monoisotopic (exact) mass is 304 g/mol. The molecule has 4 heavy (non-hydrogen) atoms. The van der Waals surface area contributed by atoms with Crippen LogP contribution in [0.1, 0.15) is 0 Å². The van der Waals surface area contributed by atoms with Gasteiger partial charge in [-0.25, -0.2) is 0 Å². The Hall–Kier alpha value is 1.15. The van der Waals surface area contributed by atoms with Crippen molar-refractivity contribution in [3.63, 3.8) is 0 Å². The first-order valence-electron chi connectivity index (χ1n) is 0.493. The fraction of sp³-hybridized carbons (Fsp3) is 0. The molecule has 0 amide bonds. The summed E-state index contributed by atoms with van der Waals surface area (Å²) in [7, 11) is 0. The Morgan fingerprint density at radius 1 is 1.25 bits per heavy atom. The molecule has 0 aliphatic carbocycles. The Kier molecular flexibility index (Phi) is 69.8. The van der Waals surface area contributed by atoms with E-state index in [4.69, 9.17) is 6.26 Å². The molecular formula is O2PbZn. The molecule has 0 aliphatic rings. The third-order valence-electron chi connectivity index (χ3n) is 0. The minimum absolute atomic E-state index is 0.0556. The molecule has 0 aromatic carbocycles. The van der Waals surface area contributed by atoms with Gasteiger partial charge in [0.05, 0.1) is 0 Å².